The van der Waals surface area contributed by atoms with Crippen molar-refractivity contribution in [3.8, 4) is 0 Å². The van der Waals surface area contributed by atoms with Gasteiger partial charge in [0, 0.05) is 23.7 Å². The van der Waals surface area contributed by atoms with E-state index in [2.05, 4.69) is 4.74 Å². The molecule has 1 amide bonds. The number of carbonyl (C=O) groups is 2. The first-order chi connectivity index (χ1) is 15.5. The molecule has 2 aromatic carbocycles. The van der Waals surface area contributed by atoms with Gasteiger partial charge in [-0.2, -0.15) is 0 Å². The number of carbonyl (C=O) groups excluding carboxylic acids is 2. The first-order valence-electron chi connectivity index (χ1n) is 10.3. The zero-order valence-corrected chi connectivity index (χ0v) is 19.1. The van der Waals surface area contributed by atoms with E-state index in [1.54, 1.807) is 29.2 Å². The van der Waals surface area contributed by atoms with Crippen LogP contribution in [0.2, 0.25) is 5.02 Å². The Morgan fingerprint density at radius 3 is 2.72 bits per heavy atom. The third-order valence-corrected chi connectivity index (χ3v) is 6.73. The van der Waals surface area contributed by atoms with Crippen LogP contribution in [-0.2, 0) is 14.3 Å². The Morgan fingerprint density at radius 1 is 1.25 bits per heavy atom. The van der Waals surface area contributed by atoms with Crippen LogP contribution in [0.5, 0.6) is 0 Å². The molecule has 3 aromatic rings. The van der Waals surface area contributed by atoms with Gasteiger partial charge in [0.2, 0.25) is 5.91 Å². The van der Waals surface area contributed by atoms with E-state index >= 15 is 0 Å². The topological polar surface area (TPSA) is 79.7 Å². The van der Waals surface area contributed by atoms with Gasteiger partial charge in [0.25, 0.3) is 0 Å². The van der Waals surface area contributed by atoms with E-state index in [0.29, 0.717) is 28.1 Å². The Bertz CT molecular complexity index is 1120. The van der Waals surface area contributed by atoms with Gasteiger partial charge in [-0.3, -0.25) is 4.79 Å². The lowest BCUT2D eigenvalue weighted by Gasteiger charge is -2.33. The summed E-state index contributed by atoms with van der Waals surface area (Å²) in [6, 6.07) is 13.9. The van der Waals surface area contributed by atoms with Gasteiger partial charge in [0.1, 0.15) is 17.2 Å². The number of para-hydroxylation sites is 1. The van der Waals surface area contributed by atoms with Crippen LogP contribution < -0.4 is 0 Å². The summed E-state index contributed by atoms with van der Waals surface area (Å²) in [4.78, 5) is 31.2. The van der Waals surface area contributed by atoms with Crippen LogP contribution >= 0.6 is 22.9 Å². The van der Waals surface area contributed by atoms with Crippen molar-refractivity contribution >= 4 is 45.0 Å². The number of hydrogen-bond donors (Lipinski definition) is 1. The molecule has 1 aliphatic carbocycles. The summed E-state index contributed by atoms with van der Waals surface area (Å²) >= 11 is 7.61. The second-order valence-corrected chi connectivity index (χ2v) is 9.25. The van der Waals surface area contributed by atoms with Crippen LogP contribution in [-0.4, -0.2) is 40.5 Å². The zero-order chi connectivity index (χ0) is 22.7. The number of methoxy groups -OCH3 is 1. The second kappa shape index (κ2) is 9.81. The van der Waals surface area contributed by atoms with Crippen molar-refractivity contribution in [3.63, 3.8) is 0 Å². The molecule has 1 fully saturated rings. The van der Waals surface area contributed by atoms with Gasteiger partial charge < -0.3 is 14.7 Å². The highest BCUT2D eigenvalue weighted by Crippen LogP contribution is 2.41. The molecule has 1 N–H and O–H groups in total. The molecule has 1 aliphatic rings. The smallest absolute Gasteiger partial charge is 0.330 e. The molecule has 0 aliphatic heterocycles. The SMILES string of the molecule is COC(=O)C=CC(=O)N(CC1CC1)[C@@H](c1nc2ccccc2s1)[C@H](O)c1cccc(Cl)c1. The Kier molecular flexibility index (Phi) is 6.89. The average molecular weight is 471 g/mol. The van der Waals surface area contributed by atoms with Crippen molar-refractivity contribution in [3.05, 3.63) is 76.3 Å². The van der Waals surface area contributed by atoms with E-state index in [-0.39, 0.29) is 5.91 Å². The second-order valence-electron chi connectivity index (χ2n) is 7.75. The molecule has 6 nitrogen and oxygen atoms in total. The summed E-state index contributed by atoms with van der Waals surface area (Å²) in [6.45, 7) is 0.461. The van der Waals surface area contributed by atoms with Crippen LogP contribution in [0.1, 0.15) is 35.6 Å². The number of amides is 1. The predicted octanol–water partition coefficient (Wildman–Crippen LogP) is 4.69. The summed E-state index contributed by atoms with van der Waals surface area (Å²) in [7, 11) is 1.26. The number of thiazole rings is 1. The number of aliphatic hydroxyl groups is 1. The Balaban J connectivity index is 1.78. The van der Waals surface area contributed by atoms with Crippen molar-refractivity contribution in [1.82, 2.24) is 9.88 Å². The van der Waals surface area contributed by atoms with Gasteiger partial charge in [-0.05, 0) is 48.6 Å². The lowest BCUT2D eigenvalue weighted by Crippen LogP contribution is -2.38. The fourth-order valence-electron chi connectivity index (χ4n) is 3.55. The molecule has 166 valence electrons. The Labute approximate surface area is 195 Å². The van der Waals surface area contributed by atoms with E-state index in [0.717, 1.165) is 29.1 Å². The molecular weight excluding hydrogens is 448 g/mol. The van der Waals surface area contributed by atoms with Crippen molar-refractivity contribution in [2.24, 2.45) is 5.92 Å². The van der Waals surface area contributed by atoms with Gasteiger partial charge >= 0.3 is 5.97 Å². The number of benzene rings is 2. The van der Waals surface area contributed by atoms with E-state index in [1.165, 1.54) is 24.5 Å². The minimum atomic E-state index is -1.05. The molecule has 0 saturated heterocycles. The first kappa shape index (κ1) is 22.5. The van der Waals surface area contributed by atoms with Crippen molar-refractivity contribution in [2.75, 3.05) is 13.7 Å². The molecule has 8 heteroatoms. The number of rotatable bonds is 8. The summed E-state index contributed by atoms with van der Waals surface area (Å²) in [6.07, 6.45) is 3.28. The molecule has 1 heterocycles. The molecular formula is C24H23ClN2O4S. The van der Waals surface area contributed by atoms with E-state index in [9.17, 15) is 14.7 Å². The predicted molar refractivity (Wildman–Crippen MR) is 124 cm³/mol. The number of aliphatic hydroxyl groups excluding tert-OH is 1. The lowest BCUT2D eigenvalue weighted by atomic mass is 10.0. The maximum Gasteiger partial charge on any atom is 0.330 e. The number of aromatic nitrogens is 1. The largest absolute Gasteiger partial charge is 0.466 e. The quantitative estimate of drug-likeness (QED) is 0.381. The molecule has 1 aromatic heterocycles. The molecule has 0 spiro atoms. The molecule has 2 atom stereocenters. The fraction of sp³-hybridized carbons (Fsp3) is 0.292. The number of ether oxygens (including phenoxy) is 1. The maximum absolute atomic E-state index is 13.2. The normalized spacial score (nSPS) is 15.6. The standard InChI is InChI=1S/C24H23ClN2O4S/c1-31-21(29)12-11-20(28)27(14-15-9-10-15)22(23(30)16-5-4-6-17(25)13-16)24-26-18-7-2-3-8-19(18)32-24/h2-8,11-13,15,22-23,30H,9-10,14H2,1H3/t22-,23-/m1/s1. The van der Waals surface area contributed by atoms with Crippen LogP contribution in [0.3, 0.4) is 0 Å². The molecule has 1 saturated carbocycles. The third kappa shape index (κ3) is 5.18. The monoisotopic (exact) mass is 470 g/mol. The van der Waals surface area contributed by atoms with Gasteiger partial charge in [0.15, 0.2) is 0 Å². The van der Waals surface area contributed by atoms with Crippen LogP contribution in [0.25, 0.3) is 10.2 Å². The highest BCUT2D eigenvalue weighted by atomic mass is 35.5. The summed E-state index contributed by atoms with van der Waals surface area (Å²) in [5.74, 6) is -0.641. The van der Waals surface area contributed by atoms with Gasteiger partial charge in [-0.25, -0.2) is 9.78 Å². The zero-order valence-electron chi connectivity index (χ0n) is 17.5. The number of esters is 1. The van der Waals surface area contributed by atoms with Gasteiger partial charge in [0.05, 0.1) is 17.3 Å². The Morgan fingerprint density at radius 2 is 2.03 bits per heavy atom. The van der Waals surface area contributed by atoms with Crippen LogP contribution in [0.4, 0.5) is 0 Å². The minimum absolute atomic E-state index is 0.355. The van der Waals surface area contributed by atoms with Gasteiger partial charge in [-0.1, -0.05) is 35.9 Å². The molecule has 0 radical (unpaired) electrons. The maximum atomic E-state index is 13.2. The molecule has 4 rings (SSSR count). The van der Waals surface area contributed by atoms with E-state index < -0.39 is 18.1 Å². The summed E-state index contributed by atoms with van der Waals surface area (Å²) < 4.78 is 5.59. The Hall–Kier alpha value is -2.74. The van der Waals surface area contributed by atoms with E-state index in [4.69, 9.17) is 16.6 Å². The van der Waals surface area contributed by atoms with Gasteiger partial charge in [-0.15, -0.1) is 11.3 Å². The first-order valence-corrected chi connectivity index (χ1v) is 11.5. The summed E-state index contributed by atoms with van der Waals surface area (Å²) in [5.41, 5.74) is 1.40. The number of hydrogen-bond acceptors (Lipinski definition) is 6. The molecule has 32 heavy (non-hydrogen) atoms. The van der Waals surface area contributed by atoms with Crippen LogP contribution in [0.15, 0.2) is 60.7 Å². The minimum Gasteiger partial charge on any atom is -0.466 e. The van der Waals surface area contributed by atoms with Crippen molar-refractivity contribution in [1.29, 1.82) is 0 Å². The van der Waals surface area contributed by atoms with E-state index in [1.807, 2.05) is 24.3 Å². The average Bonchev–Trinajstić information content (AvgIpc) is 3.52. The fourth-order valence-corrected chi connectivity index (χ4v) is 4.86. The number of fused-ring (bicyclic) bond motifs is 1. The summed E-state index contributed by atoms with van der Waals surface area (Å²) in [5, 5.41) is 12.6. The lowest BCUT2D eigenvalue weighted by molar-refractivity contribution is -0.136. The number of halogens is 1. The third-order valence-electron chi connectivity index (χ3n) is 5.39. The molecule has 0 bridgehead atoms. The highest BCUT2D eigenvalue weighted by molar-refractivity contribution is 7.18. The van der Waals surface area contributed by atoms with Crippen molar-refractivity contribution < 1.29 is 19.4 Å². The van der Waals surface area contributed by atoms with Crippen molar-refractivity contribution in [2.45, 2.75) is 25.0 Å². The molecule has 0 unspecified atom stereocenters. The highest BCUT2D eigenvalue weighted by Gasteiger charge is 2.37. The van der Waals surface area contributed by atoms with Crippen LogP contribution in [0, 0.1) is 5.92 Å². The number of nitrogens with zero attached hydrogens (tertiary/aromatic N) is 2.